The zero-order valence-corrected chi connectivity index (χ0v) is 17.5. The quantitative estimate of drug-likeness (QED) is 0.259. The van der Waals surface area contributed by atoms with E-state index in [9.17, 15) is 14.9 Å². The van der Waals surface area contributed by atoms with Gasteiger partial charge in [-0.05, 0) is 60.7 Å². The van der Waals surface area contributed by atoms with Gasteiger partial charge in [-0.15, -0.1) is 0 Å². The lowest BCUT2D eigenvalue weighted by Gasteiger charge is -2.09. The van der Waals surface area contributed by atoms with Crippen LogP contribution in [0.25, 0.3) is 22.6 Å². The van der Waals surface area contributed by atoms with Crippen LogP contribution in [0.15, 0.2) is 71.1 Å². The molecule has 2 N–H and O–H groups in total. The number of thiocarbonyl (C=S) groups is 1. The molecule has 4 rings (SSSR count). The number of nitrogens with zero attached hydrogens (tertiary/aromatic N) is 2. The highest BCUT2D eigenvalue weighted by Gasteiger charge is 2.13. The van der Waals surface area contributed by atoms with Gasteiger partial charge >= 0.3 is 0 Å². The van der Waals surface area contributed by atoms with Crippen molar-refractivity contribution < 1.29 is 18.9 Å². The minimum absolute atomic E-state index is 0.0733. The molecule has 0 saturated heterocycles. The van der Waals surface area contributed by atoms with E-state index in [0.717, 1.165) is 5.56 Å². The van der Waals surface area contributed by atoms with Crippen LogP contribution in [0.2, 0.25) is 0 Å². The standard InChI is InChI=1S/C22H16N4O5S/c1-30-17-4-2-3-14(11-17)21-24-18-12-15(7-10-19(18)31-21)23-22(32)25-20(27)13-5-8-16(9-6-13)26(28)29/h2-12H,1H3,(H2,23,25,27,32). The second-order valence-corrected chi connectivity index (χ2v) is 7.05. The highest BCUT2D eigenvalue weighted by molar-refractivity contribution is 7.80. The molecule has 160 valence electrons. The summed E-state index contributed by atoms with van der Waals surface area (Å²) < 4.78 is 11.1. The van der Waals surface area contributed by atoms with Gasteiger partial charge in [0.1, 0.15) is 11.3 Å². The Labute approximate surface area is 187 Å². The van der Waals surface area contributed by atoms with E-state index in [1.165, 1.54) is 24.3 Å². The molecule has 32 heavy (non-hydrogen) atoms. The molecule has 0 radical (unpaired) electrons. The summed E-state index contributed by atoms with van der Waals surface area (Å²) in [7, 11) is 1.59. The summed E-state index contributed by atoms with van der Waals surface area (Å²) in [6, 6.07) is 17.8. The van der Waals surface area contributed by atoms with Crippen molar-refractivity contribution in [2.24, 2.45) is 0 Å². The smallest absolute Gasteiger partial charge is 0.269 e. The Bertz CT molecular complexity index is 1330. The SMILES string of the molecule is COc1cccc(-c2nc3cc(NC(=S)NC(=O)c4ccc([N+](=O)[O-])cc4)ccc3o2)c1. The minimum Gasteiger partial charge on any atom is -0.497 e. The van der Waals surface area contributed by atoms with Gasteiger partial charge in [0, 0.05) is 28.9 Å². The van der Waals surface area contributed by atoms with Crippen LogP contribution in [0.3, 0.4) is 0 Å². The van der Waals surface area contributed by atoms with Crippen molar-refractivity contribution in [3.8, 4) is 17.2 Å². The van der Waals surface area contributed by atoms with E-state index in [1.54, 1.807) is 25.3 Å². The van der Waals surface area contributed by atoms with Gasteiger partial charge in [-0.3, -0.25) is 20.2 Å². The molecule has 0 atom stereocenters. The number of carbonyl (C=O) groups excluding carboxylic acids is 1. The van der Waals surface area contributed by atoms with Crippen molar-refractivity contribution in [3.63, 3.8) is 0 Å². The number of methoxy groups -OCH3 is 1. The van der Waals surface area contributed by atoms with Gasteiger partial charge in [0.25, 0.3) is 11.6 Å². The number of oxazole rings is 1. The number of hydrogen-bond acceptors (Lipinski definition) is 7. The molecule has 0 aliphatic heterocycles. The topological polar surface area (TPSA) is 120 Å². The van der Waals surface area contributed by atoms with Crippen LogP contribution >= 0.6 is 12.2 Å². The number of non-ortho nitro benzene ring substituents is 1. The van der Waals surface area contributed by atoms with Gasteiger partial charge in [0.15, 0.2) is 10.7 Å². The summed E-state index contributed by atoms with van der Waals surface area (Å²) in [4.78, 5) is 27.0. The van der Waals surface area contributed by atoms with Crippen molar-refractivity contribution in [3.05, 3.63) is 82.4 Å². The number of carbonyl (C=O) groups is 1. The summed E-state index contributed by atoms with van der Waals surface area (Å²) in [5.74, 6) is 0.659. The van der Waals surface area contributed by atoms with Gasteiger partial charge in [0.2, 0.25) is 5.89 Å². The molecule has 1 amide bonds. The van der Waals surface area contributed by atoms with Crippen molar-refractivity contribution in [1.29, 1.82) is 0 Å². The van der Waals surface area contributed by atoms with Crippen LogP contribution in [0.1, 0.15) is 10.4 Å². The molecule has 1 heterocycles. The number of hydrogen-bond donors (Lipinski definition) is 2. The highest BCUT2D eigenvalue weighted by atomic mass is 32.1. The first-order valence-electron chi connectivity index (χ1n) is 9.35. The average Bonchev–Trinajstić information content (AvgIpc) is 3.22. The molecule has 0 spiro atoms. The molecule has 0 saturated carbocycles. The van der Waals surface area contributed by atoms with Gasteiger partial charge < -0.3 is 14.5 Å². The van der Waals surface area contributed by atoms with Crippen LogP contribution in [-0.2, 0) is 0 Å². The maximum atomic E-state index is 12.3. The molecule has 0 aliphatic carbocycles. The Morgan fingerprint density at radius 2 is 1.91 bits per heavy atom. The van der Waals surface area contributed by atoms with Crippen LogP contribution in [-0.4, -0.2) is 28.0 Å². The van der Waals surface area contributed by atoms with Gasteiger partial charge in [-0.2, -0.15) is 0 Å². The molecule has 3 aromatic carbocycles. The van der Waals surface area contributed by atoms with Gasteiger partial charge in [0.05, 0.1) is 12.0 Å². The first-order chi connectivity index (χ1) is 15.4. The summed E-state index contributed by atoms with van der Waals surface area (Å²) in [5, 5.41) is 16.3. The first-order valence-corrected chi connectivity index (χ1v) is 9.75. The lowest BCUT2D eigenvalue weighted by atomic mass is 10.2. The van der Waals surface area contributed by atoms with E-state index in [-0.39, 0.29) is 16.4 Å². The third-order valence-corrected chi connectivity index (χ3v) is 4.73. The Morgan fingerprint density at radius 1 is 1.12 bits per heavy atom. The molecule has 0 bridgehead atoms. The number of benzene rings is 3. The number of anilines is 1. The van der Waals surface area contributed by atoms with Crippen LogP contribution < -0.4 is 15.4 Å². The van der Waals surface area contributed by atoms with Crippen LogP contribution in [0.5, 0.6) is 5.75 Å². The molecule has 0 fully saturated rings. The second kappa shape index (κ2) is 8.82. The maximum Gasteiger partial charge on any atom is 0.269 e. The van der Waals surface area contributed by atoms with Crippen molar-refractivity contribution in [2.45, 2.75) is 0 Å². The molecule has 1 aromatic heterocycles. The normalized spacial score (nSPS) is 10.5. The fourth-order valence-corrected chi connectivity index (χ4v) is 3.17. The molecule has 9 nitrogen and oxygen atoms in total. The molecule has 0 unspecified atom stereocenters. The van der Waals surface area contributed by atoms with Crippen molar-refractivity contribution in [2.75, 3.05) is 12.4 Å². The minimum atomic E-state index is -0.534. The van der Waals surface area contributed by atoms with Crippen molar-refractivity contribution in [1.82, 2.24) is 10.3 Å². The Kier molecular flexibility index (Phi) is 5.77. The van der Waals surface area contributed by atoms with Crippen LogP contribution in [0, 0.1) is 10.1 Å². The van der Waals surface area contributed by atoms with Gasteiger partial charge in [-0.1, -0.05) is 6.07 Å². The number of nitro groups is 1. The third-order valence-electron chi connectivity index (χ3n) is 4.53. The molecule has 10 heteroatoms. The van der Waals surface area contributed by atoms with E-state index < -0.39 is 10.8 Å². The third kappa shape index (κ3) is 4.55. The van der Waals surface area contributed by atoms with E-state index in [4.69, 9.17) is 21.4 Å². The summed E-state index contributed by atoms with van der Waals surface area (Å²) in [5.41, 5.74) is 2.73. The lowest BCUT2D eigenvalue weighted by molar-refractivity contribution is -0.384. The number of aromatic nitrogens is 1. The second-order valence-electron chi connectivity index (χ2n) is 6.65. The summed E-state index contributed by atoms with van der Waals surface area (Å²) >= 11 is 5.20. The highest BCUT2D eigenvalue weighted by Crippen LogP contribution is 2.28. The Balaban J connectivity index is 1.46. The Morgan fingerprint density at radius 3 is 2.62 bits per heavy atom. The van der Waals surface area contributed by atoms with Crippen molar-refractivity contribution >= 4 is 45.7 Å². The average molecular weight is 448 g/mol. The number of amides is 1. The first kappa shape index (κ1) is 20.9. The van der Waals surface area contributed by atoms with E-state index in [1.807, 2.05) is 24.3 Å². The van der Waals surface area contributed by atoms with E-state index in [0.29, 0.717) is 28.4 Å². The predicted octanol–water partition coefficient (Wildman–Crippen LogP) is 4.54. The largest absolute Gasteiger partial charge is 0.497 e. The van der Waals surface area contributed by atoms with E-state index >= 15 is 0 Å². The molecular formula is C22H16N4O5S. The maximum absolute atomic E-state index is 12.3. The number of rotatable bonds is 5. The summed E-state index contributed by atoms with van der Waals surface area (Å²) in [6.07, 6.45) is 0. The molecule has 4 aromatic rings. The number of nitro benzene ring substituents is 1. The zero-order valence-electron chi connectivity index (χ0n) is 16.7. The molecule has 0 aliphatic rings. The number of nitrogens with one attached hydrogen (secondary N) is 2. The fraction of sp³-hybridized carbons (Fsp3) is 0.0455. The van der Waals surface area contributed by atoms with E-state index in [2.05, 4.69) is 15.6 Å². The predicted molar refractivity (Wildman–Crippen MR) is 123 cm³/mol. The number of fused-ring (bicyclic) bond motifs is 1. The Hall–Kier alpha value is -4.31. The van der Waals surface area contributed by atoms with Gasteiger partial charge in [-0.25, -0.2) is 4.98 Å². The lowest BCUT2D eigenvalue weighted by Crippen LogP contribution is -2.34. The molecular weight excluding hydrogens is 432 g/mol. The monoisotopic (exact) mass is 448 g/mol. The van der Waals surface area contributed by atoms with Crippen LogP contribution in [0.4, 0.5) is 11.4 Å². The fourth-order valence-electron chi connectivity index (χ4n) is 2.96. The number of ether oxygens (including phenoxy) is 1. The zero-order chi connectivity index (χ0) is 22.7. The summed E-state index contributed by atoms with van der Waals surface area (Å²) in [6.45, 7) is 0.